The van der Waals surface area contributed by atoms with E-state index in [9.17, 15) is 0 Å². The highest BCUT2D eigenvalue weighted by atomic mass is 32.1. The van der Waals surface area contributed by atoms with Gasteiger partial charge in [-0.2, -0.15) is 0 Å². The van der Waals surface area contributed by atoms with Crippen molar-refractivity contribution in [3.8, 4) is 0 Å². The summed E-state index contributed by atoms with van der Waals surface area (Å²) in [5.41, 5.74) is 1.21. The molecule has 0 aromatic carbocycles. The number of nitrogens with zero attached hydrogens (tertiary/aromatic N) is 2. The van der Waals surface area contributed by atoms with Crippen molar-refractivity contribution in [2.24, 2.45) is 0 Å². The third-order valence-corrected chi connectivity index (χ3v) is 5.15. The molecule has 4 heteroatoms. The molecule has 1 atom stereocenters. The molecular weight excluding hydrogens is 242 g/mol. The fourth-order valence-electron chi connectivity index (χ4n) is 2.76. The summed E-state index contributed by atoms with van der Waals surface area (Å²) in [7, 11) is 0. The van der Waals surface area contributed by atoms with E-state index in [-0.39, 0.29) is 0 Å². The minimum atomic E-state index is 0.716. The minimum Gasteiger partial charge on any atom is -0.313 e. The van der Waals surface area contributed by atoms with Crippen molar-refractivity contribution in [1.29, 1.82) is 0 Å². The van der Waals surface area contributed by atoms with Crippen LogP contribution in [0.2, 0.25) is 0 Å². The van der Waals surface area contributed by atoms with Gasteiger partial charge in [-0.25, -0.2) is 4.98 Å². The van der Waals surface area contributed by atoms with E-state index in [1.807, 2.05) is 11.3 Å². The molecule has 1 unspecified atom stereocenters. The second kappa shape index (κ2) is 5.27. The van der Waals surface area contributed by atoms with Crippen LogP contribution in [0.15, 0.2) is 0 Å². The highest BCUT2D eigenvalue weighted by Crippen LogP contribution is 2.30. The minimum absolute atomic E-state index is 0.716. The van der Waals surface area contributed by atoms with Gasteiger partial charge in [0.05, 0.1) is 12.2 Å². The van der Waals surface area contributed by atoms with Gasteiger partial charge in [0.25, 0.3) is 0 Å². The molecule has 2 fully saturated rings. The number of thiazole rings is 1. The Bertz CT molecular complexity index is 386. The lowest BCUT2D eigenvalue weighted by atomic mass is 10.2. The molecule has 3 nitrogen and oxygen atoms in total. The van der Waals surface area contributed by atoms with E-state index in [2.05, 4.69) is 24.1 Å². The van der Waals surface area contributed by atoms with Crippen LogP contribution >= 0.6 is 11.3 Å². The largest absolute Gasteiger partial charge is 0.313 e. The van der Waals surface area contributed by atoms with Crippen molar-refractivity contribution >= 4 is 11.3 Å². The Balaban J connectivity index is 1.62. The van der Waals surface area contributed by atoms with Crippen molar-refractivity contribution in [1.82, 2.24) is 15.2 Å². The van der Waals surface area contributed by atoms with Gasteiger partial charge in [-0.05, 0) is 46.1 Å². The molecule has 2 aliphatic rings. The van der Waals surface area contributed by atoms with E-state index < -0.39 is 0 Å². The SMILES string of the molecule is Cc1nc(CN(CC2CCCN2)C2CC2)sc1C. The molecule has 1 aromatic rings. The second-order valence-corrected chi connectivity index (χ2v) is 6.99. The molecule has 1 saturated heterocycles. The van der Waals surface area contributed by atoms with Gasteiger partial charge in [0.2, 0.25) is 0 Å². The van der Waals surface area contributed by atoms with Gasteiger partial charge in [0, 0.05) is 23.5 Å². The number of hydrogen-bond donors (Lipinski definition) is 1. The van der Waals surface area contributed by atoms with E-state index in [4.69, 9.17) is 4.98 Å². The maximum atomic E-state index is 4.69. The molecule has 0 bridgehead atoms. The summed E-state index contributed by atoms with van der Waals surface area (Å²) in [6.45, 7) is 7.77. The zero-order valence-electron chi connectivity index (χ0n) is 11.4. The van der Waals surface area contributed by atoms with Crippen molar-refractivity contribution in [3.63, 3.8) is 0 Å². The zero-order valence-corrected chi connectivity index (χ0v) is 12.2. The quantitative estimate of drug-likeness (QED) is 0.886. The third kappa shape index (κ3) is 2.92. The summed E-state index contributed by atoms with van der Waals surface area (Å²) in [5, 5.41) is 4.91. The molecule has 1 aliphatic heterocycles. The molecule has 2 heterocycles. The Morgan fingerprint density at radius 1 is 1.33 bits per heavy atom. The van der Waals surface area contributed by atoms with E-state index in [0.29, 0.717) is 6.04 Å². The Kier molecular flexibility index (Phi) is 3.68. The number of rotatable bonds is 5. The number of nitrogens with one attached hydrogen (secondary N) is 1. The predicted molar refractivity (Wildman–Crippen MR) is 76.0 cm³/mol. The molecular formula is C14H23N3S. The Morgan fingerprint density at radius 3 is 2.72 bits per heavy atom. The third-order valence-electron chi connectivity index (χ3n) is 4.09. The van der Waals surface area contributed by atoms with Gasteiger partial charge >= 0.3 is 0 Å². The van der Waals surface area contributed by atoms with Crippen LogP contribution in [0.25, 0.3) is 0 Å². The Labute approximate surface area is 114 Å². The van der Waals surface area contributed by atoms with Crippen molar-refractivity contribution in [3.05, 3.63) is 15.6 Å². The summed E-state index contributed by atoms with van der Waals surface area (Å²) in [5.74, 6) is 0. The molecule has 0 amide bonds. The van der Waals surface area contributed by atoms with Crippen LogP contribution in [-0.2, 0) is 6.54 Å². The van der Waals surface area contributed by atoms with E-state index in [0.717, 1.165) is 12.6 Å². The lowest BCUT2D eigenvalue weighted by molar-refractivity contribution is 0.231. The van der Waals surface area contributed by atoms with Crippen LogP contribution < -0.4 is 5.32 Å². The average molecular weight is 265 g/mol. The molecule has 1 aromatic heterocycles. The summed E-state index contributed by atoms with van der Waals surface area (Å²) in [6, 6.07) is 1.55. The number of aryl methyl sites for hydroxylation is 2. The fourth-order valence-corrected chi connectivity index (χ4v) is 3.72. The Morgan fingerprint density at radius 2 is 2.17 bits per heavy atom. The maximum absolute atomic E-state index is 4.69. The standard InChI is InChI=1S/C14H23N3S/c1-10-11(2)18-14(16-10)9-17(13-5-6-13)8-12-4-3-7-15-12/h12-13,15H,3-9H2,1-2H3. The lowest BCUT2D eigenvalue weighted by Gasteiger charge is -2.24. The number of hydrogen-bond acceptors (Lipinski definition) is 4. The molecule has 1 N–H and O–H groups in total. The lowest BCUT2D eigenvalue weighted by Crippen LogP contribution is -2.38. The smallest absolute Gasteiger partial charge is 0.107 e. The van der Waals surface area contributed by atoms with E-state index in [1.54, 1.807) is 0 Å². The number of aromatic nitrogens is 1. The zero-order chi connectivity index (χ0) is 12.5. The van der Waals surface area contributed by atoms with Gasteiger partial charge in [0.15, 0.2) is 0 Å². The summed E-state index contributed by atoms with van der Waals surface area (Å²) >= 11 is 1.87. The first-order valence-corrected chi connectivity index (χ1v) is 7.94. The van der Waals surface area contributed by atoms with Gasteiger partial charge in [-0.1, -0.05) is 0 Å². The first-order chi connectivity index (χ1) is 8.72. The highest BCUT2D eigenvalue weighted by Gasteiger charge is 2.31. The molecule has 100 valence electrons. The van der Waals surface area contributed by atoms with E-state index in [1.165, 1.54) is 54.4 Å². The molecule has 1 saturated carbocycles. The molecule has 0 spiro atoms. The Hall–Kier alpha value is -0.450. The van der Waals surface area contributed by atoms with Crippen molar-refractivity contribution < 1.29 is 0 Å². The van der Waals surface area contributed by atoms with Crippen LogP contribution in [-0.4, -0.2) is 35.1 Å². The van der Waals surface area contributed by atoms with Crippen LogP contribution in [0, 0.1) is 13.8 Å². The van der Waals surface area contributed by atoms with E-state index >= 15 is 0 Å². The monoisotopic (exact) mass is 265 g/mol. The topological polar surface area (TPSA) is 28.2 Å². The van der Waals surface area contributed by atoms with Crippen molar-refractivity contribution in [2.45, 2.75) is 58.2 Å². The first-order valence-electron chi connectivity index (χ1n) is 7.12. The molecule has 18 heavy (non-hydrogen) atoms. The molecule has 3 rings (SSSR count). The van der Waals surface area contributed by atoms with Crippen LogP contribution in [0.4, 0.5) is 0 Å². The van der Waals surface area contributed by atoms with Gasteiger partial charge in [-0.3, -0.25) is 4.90 Å². The summed E-state index contributed by atoms with van der Waals surface area (Å²) in [4.78, 5) is 8.72. The fraction of sp³-hybridized carbons (Fsp3) is 0.786. The van der Waals surface area contributed by atoms with Gasteiger partial charge in [0.1, 0.15) is 5.01 Å². The summed E-state index contributed by atoms with van der Waals surface area (Å²) < 4.78 is 0. The van der Waals surface area contributed by atoms with Crippen LogP contribution in [0.5, 0.6) is 0 Å². The maximum Gasteiger partial charge on any atom is 0.107 e. The second-order valence-electron chi connectivity index (χ2n) is 5.70. The average Bonchev–Trinajstić information content (AvgIpc) is 2.98. The molecule has 1 aliphatic carbocycles. The molecule has 0 radical (unpaired) electrons. The first kappa shape index (κ1) is 12.6. The predicted octanol–water partition coefficient (Wildman–Crippen LogP) is 2.48. The summed E-state index contributed by atoms with van der Waals surface area (Å²) in [6.07, 6.45) is 5.46. The van der Waals surface area contributed by atoms with Gasteiger partial charge in [-0.15, -0.1) is 11.3 Å². The van der Waals surface area contributed by atoms with Crippen molar-refractivity contribution in [2.75, 3.05) is 13.1 Å². The highest BCUT2D eigenvalue weighted by molar-refractivity contribution is 7.11. The van der Waals surface area contributed by atoms with Crippen LogP contribution in [0.3, 0.4) is 0 Å². The normalized spacial score (nSPS) is 24.1. The van der Waals surface area contributed by atoms with Gasteiger partial charge < -0.3 is 5.32 Å². The van der Waals surface area contributed by atoms with Crippen LogP contribution in [0.1, 0.15) is 41.3 Å².